The predicted molar refractivity (Wildman–Crippen MR) is 85.6 cm³/mol. The average molecular weight is 323 g/mol. The lowest BCUT2D eigenvalue weighted by Gasteiger charge is -2.09. The van der Waals surface area contributed by atoms with Crippen LogP contribution < -0.4 is 15.8 Å². The number of hydrogen-bond donors (Lipinski definition) is 2. The van der Waals surface area contributed by atoms with Gasteiger partial charge in [-0.05, 0) is 36.8 Å². The number of rotatable bonds is 6. The fourth-order valence-corrected chi connectivity index (χ4v) is 2.00. The van der Waals surface area contributed by atoms with Gasteiger partial charge in [0.1, 0.15) is 11.6 Å². The van der Waals surface area contributed by atoms with Crippen molar-refractivity contribution in [2.75, 3.05) is 17.7 Å². The van der Waals surface area contributed by atoms with Crippen LogP contribution in [0.4, 0.5) is 15.8 Å². The second-order valence-electron chi connectivity index (χ2n) is 4.67. The van der Waals surface area contributed by atoms with Gasteiger partial charge in [0.25, 0.3) is 0 Å². The quantitative estimate of drug-likeness (QED) is 0.627. The molecule has 1 amide bonds. The number of benzene rings is 2. The molecule has 0 heterocycles. The predicted octanol–water partition coefficient (Wildman–Crippen LogP) is 3.86. The first-order chi connectivity index (χ1) is 10.6. The molecule has 0 fully saturated rings. The topological polar surface area (TPSA) is 64.3 Å². The zero-order chi connectivity index (χ0) is 15.9. The molecule has 0 spiro atoms. The average Bonchev–Trinajstić information content (AvgIpc) is 2.49. The molecule has 0 aliphatic carbocycles. The van der Waals surface area contributed by atoms with E-state index in [1.54, 1.807) is 12.1 Å². The first-order valence-corrected chi connectivity index (χ1v) is 7.16. The molecule has 0 aliphatic heterocycles. The molecule has 0 radical (unpaired) electrons. The van der Waals surface area contributed by atoms with E-state index in [0.717, 1.165) is 0 Å². The molecule has 116 valence electrons. The van der Waals surface area contributed by atoms with E-state index in [1.807, 2.05) is 12.1 Å². The van der Waals surface area contributed by atoms with Gasteiger partial charge in [0.15, 0.2) is 0 Å². The third-order valence-corrected chi connectivity index (χ3v) is 3.22. The molecule has 0 saturated carbocycles. The van der Waals surface area contributed by atoms with E-state index >= 15 is 0 Å². The molecule has 22 heavy (non-hydrogen) atoms. The van der Waals surface area contributed by atoms with Gasteiger partial charge in [-0.25, -0.2) is 4.39 Å². The highest BCUT2D eigenvalue weighted by Gasteiger charge is 2.06. The molecule has 0 aliphatic rings. The fourth-order valence-electron chi connectivity index (χ4n) is 1.82. The molecule has 0 atom stereocenters. The molecule has 0 aromatic heterocycles. The maximum atomic E-state index is 13.0. The Morgan fingerprint density at radius 3 is 2.77 bits per heavy atom. The largest absolute Gasteiger partial charge is 0.491 e. The van der Waals surface area contributed by atoms with E-state index in [1.165, 1.54) is 18.2 Å². The number of nitrogens with two attached hydrogens (primary N) is 1. The van der Waals surface area contributed by atoms with Crippen molar-refractivity contribution in [3.8, 4) is 5.75 Å². The van der Waals surface area contributed by atoms with Crippen molar-refractivity contribution in [3.05, 3.63) is 53.3 Å². The molecule has 2 aromatic carbocycles. The Hall–Kier alpha value is -2.27. The first kappa shape index (κ1) is 16.1. The Kier molecular flexibility index (Phi) is 5.61. The fraction of sp³-hybridized carbons (Fsp3) is 0.188. The minimum Gasteiger partial charge on any atom is -0.491 e. The van der Waals surface area contributed by atoms with Gasteiger partial charge in [0.05, 0.1) is 17.3 Å². The van der Waals surface area contributed by atoms with Gasteiger partial charge in [-0.1, -0.05) is 23.7 Å². The number of carbonyl (C=O) groups excluding carboxylic acids is 1. The molecule has 2 rings (SSSR count). The molecular formula is C16H16ClFN2O2. The van der Waals surface area contributed by atoms with Crippen LogP contribution >= 0.6 is 11.6 Å². The monoisotopic (exact) mass is 322 g/mol. The minimum atomic E-state index is -0.520. The summed E-state index contributed by atoms with van der Waals surface area (Å²) < 4.78 is 18.5. The Labute approximate surface area is 133 Å². The lowest BCUT2D eigenvalue weighted by atomic mass is 10.2. The normalized spacial score (nSPS) is 10.3. The van der Waals surface area contributed by atoms with Gasteiger partial charge in [-0.2, -0.15) is 0 Å². The number of para-hydroxylation sites is 2. The second-order valence-corrected chi connectivity index (χ2v) is 5.07. The van der Waals surface area contributed by atoms with Crippen molar-refractivity contribution < 1.29 is 13.9 Å². The SMILES string of the molecule is Nc1ccccc1OCCCC(=O)Nc1ccc(F)c(Cl)c1. The van der Waals surface area contributed by atoms with Crippen LogP contribution in [0.25, 0.3) is 0 Å². The van der Waals surface area contributed by atoms with E-state index < -0.39 is 5.82 Å². The minimum absolute atomic E-state index is 0.0271. The summed E-state index contributed by atoms with van der Waals surface area (Å²) in [4.78, 5) is 11.8. The van der Waals surface area contributed by atoms with Gasteiger partial charge in [0, 0.05) is 12.1 Å². The summed E-state index contributed by atoms with van der Waals surface area (Å²) in [6.45, 7) is 0.381. The summed E-state index contributed by atoms with van der Waals surface area (Å²) >= 11 is 5.65. The van der Waals surface area contributed by atoms with Gasteiger partial charge in [-0.15, -0.1) is 0 Å². The molecule has 2 aromatic rings. The number of hydrogen-bond acceptors (Lipinski definition) is 3. The Morgan fingerprint density at radius 2 is 2.05 bits per heavy atom. The molecule has 0 saturated heterocycles. The summed E-state index contributed by atoms with van der Waals surface area (Å²) in [6.07, 6.45) is 0.816. The van der Waals surface area contributed by atoms with Crippen LogP contribution in [0.15, 0.2) is 42.5 Å². The number of ether oxygens (including phenoxy) is 1. The molecule has 0 unspecified atom stereocenters. The van der Waals surface area contributed by atoms with E-state index in [9.17, 15) is 9.18 Å². The summed E-state index contributed by atoms with van der Waals surface area (Å²) in [6, 6.07) is 11.2. The van der Waals surface area contributed by atoms with Crippen LogP contribution in [0, 0.1) is 5.82 Å². The van der Waals surface area contributed by atoms with Gasteiger partial charge >= 0.3 is 0 Å². The summed E-state index contributed by atoms with van der Waals surface area (Å²) in [5.41, 5.74) is 6.77. The number of amides is 1. The van der Waals surface area contributed by atoms with Crippen molar-refractivity contribution in [1.82, 2.24) is 0 Å². The number of nitrogen functional groups attached to an aromatic ring is 1. The van der Waals surface area contributed by atoms with Crippen LogP contribution in [-0.4, -0.2) is 12.5 Å². The highest BCUT2D eigenvalue weighted by atomic mass is 35.5. The standard InChI is InChI=1S/C16H16ClFN2O2/c17-12-10-11(7-8-13(12)18)20-16(21)6-3-9-22-15-5-2-1-4-14(15)19/h1-2,4-5,7-8,10H,3,6,9,19H2,(H,20,21). The zero-order valence-corrected chi connectivity index (χ0v) is 12.6. The highest BCUT2D eigenvalue weighted by Crippen LogP contribution is 2.21. The maximum absolute atomic E-state index is 13.0. The van der Waals surface area contributed by atoms with Crippen molar-refractivity contribution in [3.63, 3.8) is 0 Å². The number of nitrogens with one attached hydrogen (secondary N) is 1. The summed E-state index contributed by atoms with van der Waals surface area (Å²) in [5.74, 6) is -0.103. The van der Waals surface area contributed by atoms with Crippen molar-refractivity contribution >= 4 is 28.9 Å². The van der Waals surface area contributed by atoms with E-state index in [2.05, 4.69) is 5.32 Å². The van der Waals surface area contributed by atoms with Crippen LogP contribution in [-0.2, 0) is 4.79 Å². The maximum Gasteiger partial charge on any atom is 0.224 e. The van der Waals surface area contributed by atoms with Gasteiger partial charge in [0.2, 0.25) is 5.91 Å². The first-order valence-electron chi connectivity index (χ1n) is 6.78. The zero-order valence-electron chi connectivity index (χ0n) is 11.8. The van der Waals surface area contributed by atoms with Gasteiger partial charge in [-0.3, -0.25) is 4.79 Å². The summed E-state index contributed by atoms with van der Waals surface area (Å²) in [5, 5.41) is 2.62. The van der Waals surface area contributed by atoms with E-state index in [4.69, 9.17) is 22.1 Å². The third-order valence-electron chi connectivity index (χ3n) is 2.93. The molecular weight excluding hydrogens is 307 g/mol. The Morgan fingerprint density at radius 1 is 1.27 bits per heavy atom. The van der Waals surface area contributed by atoms with Crippen LogP contribution in [0.1, 0.15) is 12.8 Å². The van der Waals surface area contributed by atoms with Crippen molar-refractivity contribution in [2.45, 2.75) is 12.8 Å². The molecule has 4 nitrogen and oxygen atoms in total. The van der Waals surface area contributed by atoms with E-state index in [0.29, 0.717) is 30.2 Å². The number of carbonyl (C=O) groups is 1. The molecule has 0 bridgehead atoms. The van der Waals surface area contributed by atoms with Crippen LogP contribution in [0.3, 0.4) is 0 Å². The molecule has 3 N–H and O–H groups in total. The van der Waals surface area contributed by atoms with Crippen molar-refractivity contribution in [1.29, 1.82) is 0 Å². The summed E-state index contributed by atoms with van der Waals surface area (Å²) in [7, 11) is 0. The molecule has 6 heteroatoms. The van der Waals surface area contributed by atoms with Gasteiger partial charge < -0.3 is 15.8 Å². The van der Waals surface area contributed by atoms with Crippen LogP contribution in [0.2, 0.25) is 5.02 Å². The van der Waals surface area contributed by atoms with Crippen LogP contribution in [0.5, 0.6) is 5.75 Å². The second kappa shape index (κ2) is 7.66. The highest BCUT2D eigenvalue weighted by molar-refractivity contribution is 6.31. The number of anilines is 2. The Bertz CT molecular complexity index is 664. The lowest BCUT2D eigenvalue weighted by Crippen LogP contribution is -2.13. The lowest BCUT2D eigenvalue weighted by molar-refractivity contribution is -0.116. The Balaban J connectivity index is 1.74. The van der Waals surface area contributed by atoms with E-state index in [-0.39, 0.29) is 17.4 Å². The third kappa shape index (κ3) is 4.63. The number of halogens is 2. The smallest absolute Gasteiger partial charge is 0.224 e. The van der Waals surface area contributed by atoms with Crippen molar-refractivity contribution in [2.24, 2.45) is 0 Å².